The molecule has 2 amide bonds. The zero-order chi connectivity index (χ0) is 16.1. The summed E-state index contributed by atoms with van der Waals surface area (Å²) in [4.78, 5) is 23.5. The third-order valence-corrected chi connectivity index (χ3v) is 4.61. The molecule has 5 heteroatoms. The van der Waals surface area contributed by atoms with Crippen LogP contribution in [0.25, 0.3) is 0 Å². The van der Waals surface area contributed by atoms with Gasteiger partial charge in [0.05, 0.1) is 5.92 Å². The van der Waals surface area contributed by atoms with Gasteiger partial charge in [-0.25, -0.2) is 0 Å². The Hall–Kier alpha value is -1.88. The van der Waals surface area contributed by atoms with Gasteiger partial charge in [0, 0.05) is 18.0 Å². The zero-order valence-corrected chi connectivity index (χ0v) is 13.0. The lowest BCUT2D eigenvalue weighted by atomic mass is 9.85. The molecule has 0 aromatic heterocycles. The molecule has 0 heterocycles. The molecule has 1 aromatic carbocycles. The van der Waals surface area contributed by atoms with E-state index in [1.165, 1.54) is 0 Å². The third-order valence-electron chi connectivity index (χ3n) is 4.61. The summed E-state index contributed by atoms with van der Waals surface area (Å²) in [5.41, 5.74) is 12.5. The number of carbonyl (C=O) groups is 2. The van der Waals surface area contributed by atoms with Crippen LogP contribution >= 0.6 is 0 Å². The Kier molecular flexibility index (Phi) is 5.55. The maximum atomic E-state index is 12.4. The van der Waals surface area contributed by atoms with Gasteiger partial charge in [-0.2, -0.15) is 0 Å². The summed E-state index contributed by atoms with van der Waals surface area (Å²) in [5, 5.41) is 3.06. The maximum Gasteiger partial charge on any atom is 0.224 e. The van der Waals surface area contributed by atoms with E-state index in [1.54, 1.807) is 0 Å². The van der Waals surface area contributed by atoms with E-state index in [0.717, 1.165) is 31.2 Å². The Balaban J connectivity index is 1.86. The van der Waals surface area contributed by atoms with E-state index in [2.05, 4.69) is 5.32 Å². The zero-order valence-electron chi connectivity index (χ0n) is 13.0. The highest BCUT2D eigenvalue weighted by Crippen LogP contribution is 2.25. The molecule has 1 fully saturated rings. The molecule has 2 rings (SSSR count). The van der Waals surface area contributed by atoms with Crippen molar-refractivity contribution in [2.75, 3.05) is 0 Å². The fourth-order valence-corrected chi connectivity index (χ4v) is 2.98. The normalized spacial score (nSPS) is 24.3. The largest absolute Gasteiger partial charge is 0.369 e. The van der Waals surface area contributed by atoms with Crippen LogP contribution in [0.15, 0.2) is 30.3 Å². The second-order valence-corrected chi connectivity index (χ2v) is 6.18. The Labute approximate surface area is 131 Å². The van der Waals surface area contributed by atoms with Crippen LogP contribution in [0.3, 0.4) is 0 Å². The predicted molar refractivity (Wildman–Crippen MR) is 85.6 cm³/mol. The van der Waals surface area contributed by atoms with Crippen LogP contribution < -0.4 is 16.8 Å². The summed E-state index contributed by atoms with van der Waals surface area (Å²) in [5.74, 6) is -0.600. The fraction of sp³-hybridized carbons (Fsp3) is 0.529. The summed E-state index contributed by atoms with van der Waals surface area (Å²) in [6.45, 7) is 1.85. The predicted octanol–water partition coefficient (Wildman–Crippen LogP) is 1.48. The van der Waals surface area contributed by atoms with Crippen LogP contribution in [-0.2, 0) is 9.59 Å². The van der Waals surface area contributed by atoms with Crippen molar-refractivity contribution in [1.29, 1.82) is 0 Å². The first kappa shape index (κ1) is 16.5. The van der Waals surface area contributed by atoms with Crippen molar-refractivity contribution in [2.24, 2.45) is 23.3 Å². The Morgan fingerprint density at radius 3 is 2.27 bits per heavy atom. The molecule has 0 spiro atoms. The molecule has 0 radical (unpaired) electrons. The molecule has 1 aliphatic rings. The number of hydrogen-bond acceptors (Lipinski definition) is 3. The maximum absolute atomic E-state index is 12.4. The van der Waals surface area contributed by atoms with Crippen LogP contribution in [0.2, 0.25) is 0 Å². The van der Waals surface area contributed by atoms with Crippen molar-refractivity contribution in [3.63, 3.8) is 0 Å². The Morgan fingerprint density at radius 2 is 1.73 bits per heavy atom. The van der Waals surface area contributed by atoms with Gasteiger partial charge in [0.15, 0.2) is 0 Å². The van der Waals surface area contributed by atoms with Crippen LogP contribution in [0.4, 0.5) is 0 Å². The molecule has 2 atom stereocenters. The first-order valence-corrected chi connectivity index (χ1v) is 7.89. The van der Waals surface area contributed by atoms with Crippen LogP contribution in [0, 0.1) is 11.8 Å². The lowest BCUT2D eigenvalue weighted by molar-refractivity contribution is -0.126. The van der Waals surface area contributed by atoms with Crippen LogP contribution in [0.1, 0.15) is 44.2 Å². The number of benzene rings is 1. The first-order chi connectivity index (χ1) is 10.5. The number of carbonyl (C=O) groups excluding carboxylic acids is 2. The minimum absolute atomic E-state index is 0.0288. The topological polar surface area (TPSA) is 98.2 Å². The number of hydrogen-bond donors (Lipinski definition) is 3. The van der Waals surface area contributed by atoms with Crippen LogP contribution in [-0.4, -0.2) is 17.9 Å². The molecule has 2 unspecified atom stereocenters. The number of rotatable bonds is 5. The average molecular weight is 303 g/mol. The van der Waals surface area contributed by atoms with Gasteiger partial charge in [-0.05, 0) is 31.2 Å². The van der Waals surface area contributed by atoms with E-state index in [4.69, 9.17) is 11.5 Å². The lowest BCUT2D eigenvalue weighted by Gasteiger charge is -2.29. The van der Waals surface area contributed by atoms with E-state index in [0.29, 0.717) is 0 Å². The van der Waals surface area contributed by atoms with Gasteiger partial charge < -0.3 is 16.8 Å². The minimum atomic E-state index is -0.317. The molecule has 5 N–H and O–H groups in total. The lowest BCUT2D eigenvalue weighted by Crippen LogP contribution is -2.43. The third kappa shape index (κ3) is 4.07. The molecule has 1 saturated carbocycles. The van der Waals surface area contributed by atoms with E-state index >= 15 is 0 Å². The molecule has 1 aromatic rings. The number of amides is 2. The van der Waals surface area contributed by atoms with Gasteiger partial charge in [-0.15, -0.1) is 0 Å². The minimum Gasteiger partial charge on any atom is -0.369 e. The van der Waals surface area contributed by atoms with Crippen molar-refractivity contribution < 1.29 is 9.59 Å². The smallest absolute Gasteiger partial charge is 0.224 e. The van der Waals surface area contributed by atoms with Gasteiger partial charge in [0.25, 0.3) is 0 Å². The van der Waals surface area contributed by atoms with Crippen molar-refractivity contribution in [2.45, 2.75) is 44.7 Å². The molecule has 5 nitrogen and oxygen atoms in total. The van der Waals surface area contributed by atoms with Gasteiger partial charge >= 0.3 is 0 Å². The van der Waals surface area contributed by atoms with Gasteiger partial charge in [0.2, 0.25) is 11.8 Å². The highest BCUT2D eigenvalue weighted by molar-refractivity contribution is 5.80. The molecular formula is C17H25N3O2. The second-order valence-electron chi connectivity index (χ2n) is 6.18. The van der Waals surface area contributed by atoms with Gasteiger partial charge in [0.1, 0.15) is 0 Å². The number of nitrogens with two attached hydrogens (primary N) is 2. The molecule has 22 heavy (non-hydrogen) atoms. The van der Waals surface area contributed by atoms with E-state index < -0.39 is 0 Å². The Morgan fingerprint density at radius 1 is 1.14 bits per heavy atom. The second kappa shape index (κ2) is 7.40. The molecule has 0 saturated heterocycles. The fourth-order valence-electron chi connectivity index (χ4n) is 2.98. The summed E-state index contributed by atoms with van der Waals surface area (Å²) >= 11 is 0. The monoisotopic (exact) mass is 303 g/mol. The molecule has 0 bridgehead atoms. The summed E-state index contributed by atoms with van der Waals surface area (Å²) < 4.78 is 0. The first-order valence-electron chi connectivity index (χ1n) is 7.89. The van der Waals surface area contributed by atoms with Crippen molar-refractivity contribution in [3.05, 3.63) is 35.9 Å². The highest BCUT2D eigenvalue weighted by Gasteiger charge is 2.28. The standard InChI is InChI=1S/C17H25N3O2/c1-11(15(18)12-5-3-2-4-6-12)17(22)20-14-9-7-13(8-10-14)16(19)21/h2-6,11,13-15H,7-10,18H2,1H3,(H2,19,21)(H,20,22). The summed E-state index contributed by atoms with van der Waals surface area (Å²) in [6, 6.07) is 9.45. The summed E-state index contributed by atoms with van der Waals surface area (Å²) in [6.07, 6.45) is 3.10. The number of primary amides is 1. The molecule has 1 aliphatic carbocycles. The van der Waals surface area contributed by atoms with Crippen molar-refractivity contribution in [3.8, 4) is 0 Å². The molecular weight excluding hydrogens is 278 g/mol. The average Bonchev–Trinajstić information content (AvgIpc) is 2.54. The van der Waals surface area contributed by atoms with Crippen LogP contribution in [0.5, 0.6) is 0 Å². The Bertz CT molecular complexity index is 510. The quantitative estimate of drug-likeness (QED) is 0.768. The summed E-state index contributed by atoms with van der Waals surface area (Å²) in [7, 11) is 0. The highest BCUT2D eigenvalue weighted by atomic mass is 16.2. The van der Waals surface area contributed by atoms with E-state index in [-0.39, 0.29) is 35.7 Å². The molecule has 120 valence electrons. The van der Waals surface area contributed by atoms with E-state index in [1.807, 2.05) is 37.3 Å². The van der Waals surface area contributed by atoms with Gasteiger partial charge in [-0.3, -0.25) is 9.59 Å². The molecule has 0 aliphatic heterocycles. The van der Waals surface area contributed by atoms with Gasteiger partial charge in [-0.1, -0.05) is 37.3 Å². The number of nitrogens with one attached hydrogen (secondary N) is 1. The SMILES string of the molecule is CC(C(=O)NC1CCC(C(N)=O)CC1)C(N)c1ccccc1. The van der Waals surface area contributed by atoms with Crippen molar-refractivity contribution in [1.82, 2.24) is 5.32 Å². The van der Waals surface area contributed by atoms with E-state index in [9.17, 15) is 9.59 Å². The van der Waals surface area contributed by atoms with Crippen molar-refractivity contribution >= 4 is 11.8 Å².